The van der Waals surface area contributed by atoms with E-state index in [0.717, 1.165) is 0 Å². The molecule has 0 radical (unpaired) electrons. The minimum atomic E-state index is -2.03. The zero-order valence-corrected chi connectivity index (χ0v) is 9.33. The fraction of sp³-hybridized carbons (Fsp3) is 0.571. The number of hydrogen-bond acceptors (Lipinski definition) is 3. The van der Waals surface area contributed by atoms with Gasteiger partial charge in [0.15, 0.2) is 0 Å². The SMILES string of the molecule is C=[N+]([O-])CI(CC(C)=O)C(C)=O. The summed E-state index contributed by atoms with van der Waals surface area (Å²) >= 11 is -2.03. The predicted molar refractivity (Wildman–Crippen MR) is 55.9 cm³/mol. The van der Waals surface area contributed by atoms with E-state index in [4.69, 9.17) is 0 Å². The third kappa shape index (κ3) is 5.22. The number of halogens is 1. The second kappa shape index (κ2) is 5.23. The summed E-state index contributed by atoms with van der Waals surface area (Å²) in [6.07, 6.45) is 0. The average Bonchev–Trinajstić information content (AvgIpc) is 1.83. The van der Waals surface area contributed by atoms with E-state index in [9.17, 15) is 14.8 Å². The number of carbonyl (C=O) groups is 2. The van der Waals surface area contributed by atoms with Crippen LogP contribution in [0.1, 0.15) is 13.8 Å². The van der Waals surface area contributed by atoms with E-state index in [1.807, 2.05) is 0 Å². The van der Waals surface area contributed by atoms with Crippen LogP contribution in [-0.4, -0.2) is 30.0 Å². The average molecular weight is 285 g/mol. The van der Waals surface area contributed by atoms with Gasteiger partial charge < -0.3 is 0 Å². The summed E-state index contributed by atoms with van der Waals surface area (Å²) in [7, 11) is 0. The predicted octanol–water partition coefficient (Wildman–Crippen LogP) is 0.797. The first-order chi connectivity index (χ1) is 5.43. The van der Waals surface area contributed by atoms with Crippen LogP contribution in [-0.2, 0) is 9.59 Å². The van der Waals surface area contributed by atoms with Crippen LogP contribution in [0.5, 0.6) is 0 Å². The molecular weight excluding hydrogens is 273 g/mol. The second-order valence-electron chi connectivity index (χ2n) is 2.36. The summed E-state index contributed by atoms with van der Waals surface area (Å²) in [6, 6.07) is 0. The molecule has 0 bridgehead atoms. The van der Waals surface area contributed by atoms with Crippen LogP contribution in [0, 0.1) is 5.21 Å². The van der Waals surface area contributed by atoms with Crippen molar-refractivity contribution >= 4 is 36.1 Å². The molecule has 4 nitrogen and oxygen atoms in total. The van der Waals surface area contributed by atoms with Crippen molar-refractivity contribution in [2.45, 2.75) is 13.8 Å². The van der Waals surface area contributed by atoms with Gasteiger partial charge in [0.25, 0.3) is 0 Å². The Morgan fingerprint density at radius 2 is 2.00 bits per heavy atom. The number of alkyl halides is 2. The van der Waals surface area contributed by atoms with Crippen LogP contribution in [0.3, 0.4) is 0 Å². The molecule has 0 aromatic rings. The molecule has 0 N–H and O–H groups in total. The molecular formula is C7H12INO3. The first-order valence-electron chi connectivity index (χ1n) is 3.30. The molecule has 0 aromatic heterocycles. The molecule has 0 atom stereocenters. The molecule has 0 saturated carbocycles. The van der Waals surface area contributed by atoms with Crippen LogP contribution in [0.2, 0.25) is 0 Å². The van der Waals surface area contributed by atoms with Gasteiger partial charge in [-0.3, -0.25) is 0 Å². The number of hydroxylamine groups is 1. The van der Waals surface area contributed by atoms with Crippen molar-refractivity contribution in [1.82, 2.24) is 0 Å². The number of hydrogen-bond donors (Lipinski definition) is 0. The number of rotatable bonds is 5. The fourth-order valence-corrected chi connectivity index (χ4v) is 4.08. The first kappa shape index (κ1) is 11.5. The van der Waals surface area contributed by atoms with E-state index in [1.54, 1.807) is 0 Å². The zero-order chi connectivity index (χ0) is 9.72. The van der Waals surface area contributed by atoms with E-state index in [-0.39, 0.29) is 18.6 Å². The summed E-state index contributed by atoms with van der Waals surface area (Å²) in [4.78, 5) is 21.6. The Balaban J connectivity index is 4.14. The van der Waals surface area contributed by atoms with Crippen molar-refractivity contribution in [1.29, 1.82) is 0 Å². The third-order valence-corrected chi connectivity index (χ3v) is 6.73. The van der Waals surface area contributed by atoms with Crippen LogP contribution >= 0.6 is 19.8 Å². The number of carbonyl (C=O) groups excluding carboxylic acids is 2. The molecule has 0 aliphatic rings. The van der Waals surface area contributed by atoms with Crippen LogP contribution in [0.4, 0.5) is 0 Å². The van der Waals surface area contributed by atoms with Crippen molar-refractivity contribution in [2.24, 2.45) is 0 Å². The molecule has 0 aromatic carbocycles. The third-order valence-electron chi connectivity index (χ3n) is 1.00. The standard InChI is InChI=1S/C7H12INO3/c1-6(10)4-8(7(2)11)5-9(3)12/h3-5H2,1-2H3. The van der Waals surface area contributed by atoms with Gasteiger partial charge in [0, 0.05) is 0 Å². The van der Waals surface area contributed by atoms with Gasteiger partial charge in [0.1, 0.15) is 0 Å². The number of nitrogens with zero attached hydrogens (tertiary/aromatic N) is 1. The molecule has 0 rings (SSSR count). The molecule has 0 saturated heterocycles. The first-order valence-corrected chi connectivity index (χ1v) is 7.43. The molecule has 0 amide bonds. The molecule has 0 heterocycles. The topological polar surface area (TPSA) is 60.2 Å². The monoisotopic (exact) mass is 285 g/mol. The fourth-order valence-electron chi connectivity index (χ4n) is 0.609. The van der Waals surface area contributed by atoms with Crippen molar-refractivity contribution in [3.63, 3.8) is 0 Å². The molecule has 0 aliphatic carbocycles. The number of ketones is 1. The molecule has 0 spiro atoms. The maximum absolute atomic E-state index is 10.9. The zero-order valence-electron chi connectivity index (χ0n) is 7.17. The van der Waals surface area contributed by atoms with Crippen molar-refractivity contribution in [2.75, 3.05) is 8.98 Å². The van der Waals surface area contributed by atoms with Crippen LogP contribution < -0.4 is 0 Å². The van der Waals surface area contributed by atoms with Crippen molar-refractivity contribution in [3.05, 3.63) is 5.21 Å². The van der Waals surface area contributed by atoms with Gasteiger partial charge in [0.05, 0.1) is 0 Å². The molecule has 70 valence electrons. The molecule has 0 aliphatic heterocycles. The summed E-state index contributed by atoms with van der Waals surface area (Å²) in [5.74, 6) is -0.0164. The van der Waals surface area contributed by atoms with E-state index in [1.165, 1.54) is 13.8 Å². The Kier molecular flexibility index (Phi) is 5.03. The second-order valence-corrected chi connectivity index (χ2v) is 7.93. The Morgan fingerprint density at radius 1 is 1.50 bits per heavy atom. The quantitative estimate of drug-likeness (QED) is 0.110. The van der Waals surface area contributed by atoms with Gasteiger partial charge in [-0.15, -0.1) is 0 Å². The van der Waals surface area contributed by atoms with Crippen molar-refractivity contribution in [3.8, 4) is 0 Å². The van der Waals surface area contributed by atoms with Crippen LogP contribution in [0.15, 0.2) is 0 Å². The Bertz CT molecular complexity index is 199. The van der Waals surface area contributed by atoms with E-state index in [0.29, 0.717) is 4.74 Å². The van der Waals surface area contributed by atoms with Gasteiger partial charge >= 0.3 is 78.5 Å². The summed E-state index contributed by atoms with van der Waals surface area (Å²) in [5, 5.41) is 10.5. The van der Waals surface area contributed by atoms with Gasteiger partial charge in [0.2, 0.25) is 0 Å². The normalized spacial score (nSPS) is 10.7. The molecule has 0 unspecified atom stereocenters. The Labute approximate surface area is 78.6 Å². The van der Waals surface area contributed by atoms with Gasteiger partial charge in [-0.1, -0.05) is 0 Å². The Morgan fingerprint density at radius 3 is 2.25 bits per heavy atom. The van der Waals surface area contributed by atoms with Gasteiger partial charge in [-0.2, -0.15) is 0 Å². The van der Waals surface area contributed by atoms with Gasteiger partial charge in [-0.25, -0.2) is 0 Å². The van der Waals surface area contributed by atoms with Gasteiger partial charge in [-0.05, 0) is 0 Å². The molecule has 0 fully saturated rings. The summed E-state index contributed by atoms with van der Waals surface area (Å²) in [5.41, 5.74) is 0. The molecule has 12 heavy (non-hydrogen) atoms. The van der Waals surface area contributed by atoms with Crippen molar-refractivity contribution < 1.29 is 14.3 Å². The Hall–Kier alpha value is -0.460. The van der Waals surface area contributed by atoms with E-state index in [2.05, 4.69) is 6.72 Å². The minimum absolute atomic E-state index is 0.0129. The van der Waals surface area contributed by atoms with E-state index < -0.39 is 19.8 Å². The maximum atomic E-state index is 10.9. The summed E-state index contributed by atoms with van der Waals surface area (Å²) in [6.45, 7) is 6.00. The van der Waals surface area contributed by atoms with Crippen LogP contribution in [0.25, 0.3) is 0 Å². The number of Topliss-reactive ketones (excluding diaryl/α,β-unsaturated/α-hetero) is 1. The molecule has 5 heteroatoms. The summed E-state index contributed by atoms with van der Waals surface area (Å²) < 4.78 is 0.945. The van der Waals surface area contributed by atoms with E-state index >= 15 is 0 Å².